The molecule has 0 aliphatic carbocycles. The normalized spacial score (nSPS) is 16.4. The fourth-order valence-corrected chi connectivity index (χ4v) is 4.32. The molecule has 1 aliphatic heterocycles. The zero-order valence-electron chi connectivity index (χ0n) is 12.3. The standard InChI is InChI=1S/C16H23NOS2/c1-3-4-11-19-13(2)16(18)17-10-7-12-20-15-9-6-5-8-14(15)17/h5-6,8-9,13H,3-4,7,10-12H2,1-2H3. The number of fused-ring (bicyclic) bond motifs is 1. The summed E-state index contributed by atoms with van der Waals surface area (Å²) >= 11 is 3.65. The van der Waals surface area contributed by atoms with Gasteiger partial charge in [-0.1, -0.05) is 25.5 Å². The monoisotopic (exact) mass is 309 g/mol. The number of hydrogen-bond donors (Lipinski definition) is 0. The molecule has 1 aromatic rings. The molecule has 1 aromatic carbocycles. The topological polar surface area (TPSA) is 20.3 Å². The van der Waals surface area contributed by atoms with Crippen LogP contribution in [-0.2, 0) is 4.79 Å². The van der Waals surface area contributed by atoms with Gasteiger partial charge in [-0.25, -0.2) is 0 Å². The number of rotatable bonds is 5. The number of benzene rings is 1. The highest BCUT2D eigenvalue weighted by atomic mass is 32.2. The quantitative estimate of drug-likeness (QED) is 0.750. The summed E-state index contributed by atoms with van der Waals surface area (Å²) in [5.41, 5.74) is 1.10. The van der Waals surface area contributed by atoms with E-state index in [1.807, 2.05) is 29.7 Å². The summed E-state index contributed by atoms with van der Waals surface area (Å²) in [5.74, 6) is 2.44. The van der Waals surface area contributed by atoms with Crippen LogP contribution in [0.2, 0.25) is 0 Å². The number of unbranched alkanes of at least 4 members (excludes halogenated alkanes) is 1. The third-order valence-electron chi connectivity index (χ3n) is 3.42. The smallest absolute Gasteiger partial charge is 0.239 e. The fourth-order valence-electron chi connectivity index (χ4n) is 2.25. The number of carbonyl (C=O) groups is 1. The summed E-state index contributed by atoms with van der Waals surface area (Å²) in [5, 5.41) is 0.0534. The van der Waals surface area contributed by atoms with Gasteiger partial charge in [0.15, 0.2) is 0 Å². The number of para-hydroxylation sites is 1. The molecule has 0 bridgehead atoms. The molecule has 2 rings (SSSR count). The summed E-state index contributed by atoms with van der Waals surface area (Å²) in [6.07, 6.45) is 3.45. The Hall–Kier alpha value is -0.610. The van der Waals surface area contributed by atoms with Crippen molar-refractivity contribution in [1.29, 1.82) is 0 Å². The molecule has 0 saturated carbocycles. The first-order chi connectivity index (χ1) is 9.74. The lowest BCUT2D eigenvalue weighted by Gasteiger charge is -2.25. The summed E-state index contributed by atoms with van der Waals surface area (Å²) < 4.78 is 0. The van der Waals surface area contributed by atoms with E-state index in [1.165, 1.54) is 17.7 Å². The van der Waals surface area contributed by atoms with Crippen LogP contribution in [-0.4, -0.2) is 29.2 Å². The molecule has 0 spiro atoms. The maximum absolute atomic E-state index is 12.7. The molecule has 20 heavy (non-hydrogen) atoms. The van der Waals surface area contributed by atoms with Crippen LogP contribution in [0, 0.1) is 0 Å². The minimum Gasteiger partial charge on any atom is -0.310 e. The van der Waals surface area contributed by atoms with Gasteiger partial charge in [0.25, 0.3) is 0 Å². The molecule has 0 fully saturated rings. The number of amides is 1. The molecule has 1 atom stereocenters. The zero-order chi connectivity index (χ0) is 14.4. The highest BCUT2D eigenvalue weighted by Crippen LogP contribution is 2.34. The van der Waals surface area contributed by atoms with Crippen LogP contribution >= 0.6 is 23.5 Å². The number of anilines is 1. The highest BCUT2D eigenvalue weighted by Gasteiger charge is 2.25. The molecule has 4 heteroatoms. The molecule has 2 nitrogen and oxygen atoms in total. The summed E-state index contributed by atoms with van der Waals surface area (Å²) in [7, 11) is 0. The number of carbonyl (C=O) groups excluding carboxylic acids is 1. The van der Waals surface area contributed by atoms with Crippen molar-refractivity contribution < 1.29 is 4.79 Å². The van der Waals surface area contributed by atoms with Gasteiger partial charge in [-0.3, -0.25) is 4.79 Å². The van der Waals surface area contributed by atoms with E-state index in [2.05, 4.69) is 25.1 Å². The molecule has 1 unspecified atom stereocenters. The van der Waals surface area contributed by atoms with E-state index in [1.54, 1.807) is 11.8 Å². The van der Waals surface area contributed by atoms with Crippen LogP contribution in [0.5, 0.6) is 0 Å². The first-order valence-electron chi connectivity index (χ1n) is 7.39. The molecule has 1 heterocycles. The van der Waals surface area contributed by atoms with Crippen LogP contribution in [0.25, 0.3) is 0 Å². The maximum Gasteiger partial charge on any atom is 0.239 e. The van der Waals surface area contributed by atoms with Gasteiger partial charge >= 0.3 is 0 Å². The van der Waals surface area contributed by atoms with Crippen molar-refractivity contribution in [3.8, 4) is 0 Å². The van der Waals surface area contributed by atoms with Crippen LogP contribution < -0.4 is 4.90 Å². The van der Waals surface area contributed by atoms with Crippen LogP contribution in [0.3, 0.4) is 0 Å². The molecule has 0 N–H and O–H groups in total. The average Bonchev–Trinajstić information content (AvgIpc) is 2.69. The van der Waals surface area contributed by atoms with E-state index in [-0.39, 0.29) is 11.2 Å². The van der Waals surface area contributed by atoms with Crippen molar-refractivity contribution in [2.75, 3.05) is 23.0 Å². The molecule has 0 radical (unpaired) electrons. The van der Waals surface area contributed by atoms with Crippen molar-refractivity contribution >= 4 is 35.1 Å². The second-order valence-electron chi connectivity index (χ2n) is 5.03. The summed E-state index contributed by atoms with van der Waals surface area (Å²) in [6.45, 7) is 5.08. The lowest BCUT2D eigenvalue weighted by atomic mass is 10.2. The highest BCUT2D eigenvalue weighted by molar-refractivity contribution is 8.00. The number of nitrogens with zero attached hydrogens (tertiary/aromatic N) is 1. The maximum atomic E-state index is 12.7. The van der Waals surface area contributed by atoms with Crippen molar-refractivity contribution in [2.24, 2.45) is 0 Å². The predicted octanol–water partition coefficient (Wildman–Crippen LogP) is 4.44. The van der Waals surface area contributed by atoms with E-state index < -0.39 is 0 Å². The van der Waals surface area contributed by atoms with Crippen molar-refractivity contribution in [3.05, 3.63) is 24.3 Å². The van der Waals surface area contributed by atoms with E-state index >= 15 is 0 Å². The van der Waals surface area contributed by atoms with Crippen molar-refractivity contribution in [2.45, 2.75) is 43.3 Å². The Balaban J connectivity index is 2.09. The lowest BCUT2D eigenvalue weighted by Crippen LogP contribution is -2.37. The van der Waals surface area contributed by atoms with Crippen LogP contribution in [0.1, 0.15) is 33.1 Å². The minimum atomic E-state index is 0.0534. The first kappa shape index (κ1) is 15.8. The molecule has 110 valence electrons. The largest absolute Gasteiger partial charge is 0.310 e. The molecular formula is C16H23NOS2. The van der Waals surface area contributed by atoms with E-state index in [4.69, 9.17) is 0 Å². The predicted molar refractivity (Wildman–Crippen MR) is 91.0 cm³/mol. The summed E-state index contributed by atoms with van der Waals surface area (Å²) in [6, 6.07) is 8.29. The second-order valence-corrected chi connectivity index (χ2v) is 7.61. The Labute approximate surface area is 130 Å². The molecule has 0 aromatic heterocycles. The Morgan fingerprint density at radius 2 is 2.25 bits per heavy atom. The van der Waals surface area contributed by atoms with Gasteiger partial charge in [-0.2, -0.15) is 0 Å². The zero-order valence-corrected chi connectivity index (χ0v) is 13.9. The molecule has 1 amide bonds. The molecule has 1 aliphatic rings. The minimum absolute atomic E-state index is 0.0534. The van der Waals surface area contributed by atoms with Gasteiger partial charge in [-0.05, 0) is 43.4 Å². The number of hydrogen-bond acceptors (Lipinski definition) is 3. The van der Waals surface area contributed by atoms with Crippen molar-refractivity contribution in [1.82, 2.24) is 0 Å². The summed E-state index contributed by atoms with van der Waals surface area (Å²) in [4.78, 5) is 15.9. The fraction of sp³-hybridized carbons (Fsp3) is 0.562. The van der Waals surface area contributed by atoms with Gasteiger partial charge in [0.1, 0.15) is 0 Å². The Morgan fingerprint density at radius 3 is 3.05 bits per heavy atom. The molecule has 0 saturated heterocycles. The Morgan fingerprint density at radius 1 is 1.45 bits per heavy atom. The van der Waals surface area contributed by atoms with E-state index in [0.717, 1.165) is 30.2 Å². The Bertz CT molecular complexity index is 450. The van der Waals surface area contributed by atoms with Crippen LogP contribution in [0.4, 0.5) is 5.69 Å². The van der Waals surface area contributed by atoms with E-state index in [9.17, 15) is 4.79 Å². The van der Waals surface area contributed by atoms with Gasteiger partial charge < -0.3 is 4.90 Å². The van der Waals surface area contributed by atoms with Gasteiger partial charge in [0.2, 0.25) is 5.91 Å². The van der Waals surface area contributed by atoms with Gasteiger partial charge in [-0.15, -0.1) is 23.5 Å². The van der Waals surface area contributed by atoms with E-state index in [0.29, 0.717) is 0 Å². The average molecular weight is 310 g/mol. The first-order valence-corrected chi connectivity index (χ1v) is 9.42. The van der Waals surface area contributed by atoms with Crippen molar-refractivity contribution in [3.63, 3.8) is 0 Å². The number of thioether (sulfide) groups is 2. The third-order valence-corrected chi connectivity index (χ3v) is 5.79. The van der Waals surface area contributed by atoms with Gasteiger partial charge in [0, 0.05) is 11.4 Å². The Kier molecular flexibility index (Phi) is 6.30. The molecular weight excluding hydrogens is 286 g/mol. The van der Waals surface area contributed by atoms with Crippen LogP contribution in [0.15, 0.2) is 29.2 Å². The lowest BCUT2D eigenvalue weighted by molar-refractivity contribution is -0.117. The second kappa shape index (κ2) is 7.99. The SMILES string of the molecule is CCCCSC(C)C(=O)N1CCCSc2ccccc21. The van der Waals surface area contributed by atoms with Gasteiger partial charge in [0.05, 0.1) is 10.9 Å². The third kappa shape index (κ3) is 3.95.